The van der Waals surface area contributed by atoms with Crippen LogP contribution in [-0.2, 0) is 6.18 Å². The number of alkyl halides is 3. The molecule has 0 saturated heterocycles. The van der Waals surface area contributed by atoms with Crippen LogP contribution in [0.3, 0.4) is 0 Å². The Hall–Kier alpha value is -5.39. The molecule has 0 fully saturated rings. The number of hydrogen-bond donors (Lipinski definition) is 5. The average molecular weight is 518 g/mol. The molecule has 0 aliphatic carbocycles. The van der Waals surface area contributed by atoms with Gasteiger partial charge < -0.3 is 20.8 Å². The van der Waals surface area contributed by atoms with E-state index in [1.807, 2.05) is 16.8 Å². The van der Waals surface area contributed by atoms with Gasteiger partial charge >= 0.3 is 24.4 Å². The number of benzene rings is 2. The van der Waals surface area contributed by atoms with E-state index in [0.29, 0.717) is 23.8 Å². The highest BCUT2D eigenvalue weighted by molar-refractivity contribution is 6.00. The normalized spacial score (nSPS) is 10.7. The molecule has 37 heavy (non-hydrogen) atoms. The molecule has 3 rings (SSSR count). The number of nitriles is 1. The van der Waals surface area contributed by atoms with E-state index in [-0.39, 0.29) is 27.6 Å². The van der Waals surface area contributed by atoms with Gasteiger partial charge in [-0.15, -0.1) is 5.01 Å². The van der Waals surface area contributed by atoms with Gasteiger partial charge in [0, 0.05) is 17.4 Å². The van der Waals surface area contributed by atoms with E-state index in [1.165, 1.54) is 36.5 Å². The summed E-state index contributed by atoms with van der Waals surface area (Å²) in [5.74, 6) is -1.43. The fourth-order valence-electron chi connectivity index (χ4n) is 3.00. The van der Waals surface area contributed by atoms with Crippen LogP contribution in [-0.4, -0.2) is 38.4 Å². The third kappa shape index (κ3) is 6.19. The zero-order valence-electron chi connectivity index (χ0n) is 18.2. The van der Waals surface area contributed by atoms with Crippen molar-refractivity contribution in [2.24, 2.45) is 0 Å². The summed E-state index contributed by atoms with van der Waals surface area (Å²) in [6.07, 6.45) is -7.26. The molecule has 2 aromatic carbocycles. The summed E-state index contributed by atoms with van der Waals surface area (Å²) in [4.78, 5) is 38.1. The van der Waals surface area contributed by atoms with Gasteiger partial charge in [-0.2, -0.15) is 18.4 Å². The van der Waals surface area contributed by atoms with Gasteiger partial charge in [0.05, 0.1) is 11.3 Å². The Balaban J connectivity index is 1.79. The number of carboxylic acid groups (broad SMARTS) is 2. The van der Waals surface area contributed by atoms with E-state index < -0.39 is 41.5 Å². The van der Waals surface area contributed by atoms with Gasteiger partial charge in [0.15, 0.2) is 5.82 Å². The second kappa shape index (κ2) is 10.5. The molecule has 190 valence electrons. The van der Waals surface area contributed by atoms with Crippen molar-refractivity contribution < 1.29 is 42.2 Å². The molecule has 0 spiro atoms. The molecule has 4 amide bonds. The van der Waals surface area contributed by atoms with Crippen molar-refractivity contribution in [1.29, 1.82) is 5.26 Å². The molecule has 0 aliphatic heterocycles. The van der Waals surface area contributed by atoms with Gasteiger partial charge in [-0.25, -0.2) is 23.8 Å². The highest BCUT2D eigenvalue weighted by Gasteiger charge is 2.31. The maximum Gasteiger partial charge on any atom is 0.436 e. The number of hydrazine groups is 1. The van der Waals surface area contributed by atoms with Crippen LogP contribution >= 0.6 is 0 Å². The molecule has 0 bridgehead atoms. The van der Waals surface area contributed by atoms with Gasteiger partial charge in [0.1, 0.15) is 17.4 Å². The van der Waals surface area contributed by atoms with E-state index in [2.05, 4.69) is 10.3 Å². The van der Waals surface area contributed by atoms with Gasteiger partial charge in [-0.3, -0.25) is 5.43 Å². The number of hydrogen-bond acceptors (Lipinski definition) is 6. The lowest BCUT2D eigenvalue weighted by Crippen LogP contribution is -2.39. The van der Waals surface area contributed by atoms with E-state index in [4.69, 9.17) is 10.2 Å². The number of nitrogens with one attached hydrogen (secondary N) is 3. The molecular weight excluding hydrogens is 504 g/mol. The van der Waals surface area contributed by atoms with Crippen LogP contribution in [0.5, 0.6) is 0 Å². The fraction of sp³-hybridized carbons (Fsp3) is 0.0455. The lowest BCUT2D eigenvalue weighted by molar-refractivity contribution is -0.137. The van der Waals surface area contributed by atoms with Crippen LogP contribution in [0, 0.1) is 17.1 Å². The first kappa shape index (κ1) is 26.2. The van der Waals surface area contributed by atoms with E-state index in [0.717, 1.165) is 0 Å². The Morgan fingerprint density at radius 2 is 1.62 bits per heavy atom. The first-order chi connectivity index (χ1) is 17.4. The molecule has 0 unspecified atom stereocenters. The number of urea groups is 1. The smallest absolute Gasteiger partial charge is 0.436 e. The number of imide groups is 1. The third-order valence-corrected chi connectivity index (χ3v) is 4.66. The summed E-state index contributed by atoms with van der Waals surface area (Å²) in [5.41, 5.74) is 0.772. The second-order valence-electron chi connectivity index (χ2n) is 7.06. The van der Waals surface area contributed by atoms with Crippen molar-refractivity contribution in [3.8, 4) is 17.2 Å². The number of nitrogens with zero attached hydrogens (tertiary/aromatic N) is 3. The van der Waals surface area contributed by atoms with Crippen LogP contribution < -0.4 is 16.1 Å². The highest BCUT2D eigenvalue weighted by atomic mass is 19.4. The first-order valence-electron chi connectivity index (χ1n) is 9.87. The van der Waals surface area contributed by atoms with Crippen LogP contribution in [0.15, 0.2) is 54.7 Å². The molecule has 0 atom stereocenters. The Morgan fingerprint density at radius 1 is 0.973 bits per heavy atom. The SMILES string of the molecule is N#Cc1c(-c2ccc(NC(=O)Nc3cc(C(F)(F)F)ccc3F)cc2)ccnc1NN(C(=O)O)C(=O)O. The number of pyridine rings is 1. The van der Waals surface area contributed by atoms with Crippen molar-refractivity contribution in [2.45, 2.75) is 6.18 Å². The highest BCUT2D eigenvalue weighted by Crippen LogP contribution is 2.32. The topological polar surface area (TPSA) is 168 Å². The number of amides is 4. The summed E-state index contributed by atoms with van der Waals surface area (Å²) >= 11 is 0. The Labute approximate surface area is 204 Å². The van der Waals surface area contributed by atoms with Crippen molar-refractivity contribution in [3.05, 3.63) is 71.7 Å². The number of halogens is 4. The second-order valence-corrected chi connectivity index (χ2v) is 7.06. The summed E-state index contributed by atoms with van der Waals surface area (Å²) in [5, 5.41) is 31.6. The molecular formula is C22H14F4N6O5. The number of aromatic nitrogens is 1. The minimum Gasteiger partial charge on any atom is -0.463 e. The lowest BCUT2D eigenvalue weighted by Gasteiger charge is -2.17. The van der Waals surface area contributed by atoms with E-state index in [1.54, 1.807) is 0 Å². The van der Waals surface area contributed by atoms with E-state index in [9.17, 15) is 37.2 Å². The summed E-state index contributed by atoms with van der Waals surface area (Å²) in [7, 11) is 0. The fourth-order valence-corrected chi connectivity index (χ4v) is 3.00. The average Bonchev–Trinajstić information content (AvgIpc) is 2.83. The minimum absolute atomic E-state index is 0.155. The molecule has 0 aliphatic rings. The Morgan fingerprint density at radius 3 is 2.19 bits per heavy atom. The third-order valence-electron chi connectivity index (χ3n) is 4.66. The summed E-state index contributed by atoms with van der Waals surface area (Å²) in [6, 6.07) is 9.35. The van der Waals surface area contributed by atoms with Crippen molar-refractivity contribution in [3.63, 3.8) is 0 Å². The van der Waals surface area contributed by atoms with Gasteiger partial charge in [0.2, 0.25) is 0 Å². The Kier molecular flexibility index (Phi) is 7.42. The van der Waals surface area contributed by atoms with Crippen molar-refractivity contribution >= 4 is 35.4 Å². The van der Waals surface area contributed by atoms with Crippen LogP contribution in [0.1, 0.15) is 11.1 Å². The standard InChI is InChI=1S/C22H14F4N6O5/c23-16-6-3-12(22(24,25)26)9-17(16)30-19(33)29-13-4-1-11(2-5-13)14-7-8-28-18(15(14)10-27)31-32(20(34)35)21(36)37/h1-9H,(H,28,31)(H,34,35)(H,36,37)(H2,29,30,33). The summed E-state index contributed by atoms with van der Waals surface area (Å²) in [6.45, 7) is 0. The lowest BCUT2D eigenvalue weighted by atomic mass is 10.0. The molecule has 11 nitrogen and oxygen atoms in total. The zero-order valence-corrected chi connectivity index (χ0v) is 18.2. The van der Waals surface area contributed by atoms with Crippen molar-refractivity contribution in [2.75, 3.05) is 16.1 Å². The molecule has 3 aromatic rings. The number of rotatable bonds is 5. The predicted molar refractivity (Wildman–Crippen MR) is 120 cm³/mol. The van der Waals surface area contributed by atoms with Gasteiger partial charge in [0.25, 0.3) is 0 Å². The minimum atomic E-state index is -4.74. The summed E-state index contributed by atoms with van der Waals surface area (Å²) < 4.78 is 52.4. The molecule has 1 aromatic heterocycles. The van der Waals surface area contributed by atoms with Gasteiger partial charge in [-0.05, 0) is 42.0 Å². The molecule has 5 N–H and O–H groups in total. The molecule has 0 radical (unpaired) electrons. The van der Waals surface area contributed by atoms with Crippen LogP contribution in [0.25, 0.3) is 11.1 Å². The largest absolute Gasteiger partial charge is 0.463 e. The van der Waals surface area contributed by atoms with Gasteiger partial charge in [-0.1, -0.05) is 12.1 Å². The maximum atomic E-state index is 13.9. The maximum absolute atomic E-state index is 13.9. The monoisotopic (exact) mass is 518 g/mol. The van der Waals surface area contributed by atoms with Crippen molar-refractivity contribution in [1.82, 2.24) is 9.99 Å². The first-order valence-corrected chi connectivity index (χ1v) is 9.87. The number of anilines is 3. The molecule has 15 heteroatoms. The zero-order chi connectivity index (χ0) is 27.3. The van der Waals surface area contributed by atoms with Crippen LogP contribution in [0.4, 0.5) is 49.1 Å². The Bertz CT molecular complexity index is 1390. The number of carbonyl (C=O) groups is 3. The number of carbonyl (C=O) groups excluding carboxylic acids is 1. The van der Waals surface area contributed by atoms with E-state index >= 15 is 0 Å². The van der Waals surface area contributed by atoms with Crippen LogP contribution in [0.2, 0.25) is 0 Å². The molecule has 0 saturated carbocycles. The molecule has 1 heterocycles. The predicted octanol–water partition coefficient (Wildman–Crippen LogP) is 5.41. The quantitative estimate of drug-likeness (QED) is 0.221.